The highest BCUT2D eigenvalue weighted by atomic mass is 35.5. The van der Waals surface area contributed by atoms with Crippen LogP contribution in [0.4, 0.5) is 18.9 Å². The molecule has 0 spiro atoms. The highest BCUT2D eigenvalue weighted by Crippen LogP contribution is 2.30. The SMILES string of the molecule is O=C(N=NC(=S)Nc1cccc(C(F)(F)F)c1)c1cccc(Cl)c1. The normalized spacial score (nSPS) is 11.5. The first kappa shape index (κ1) is 18.0. The van der Waals surface area contributed by atoms with E-state index >= 15 is 0 Å². The van der Waals surface area contributed by atoms with Crippen LogP contribution in [0.3, 0.4) is 0 Å². The Bertz CT molecular complexity index is 809. The summed E-state index contributed by atoms with van der Waals surface area (Å²) in [6.45, 7) is 0. The maximum absolute atomic E-state index is 12.6. The summed E-state index contributed by atoms with van der Waals surface area (Å²) in [6.07, 6.45) is -4.47. The minimum absolute atomic E-state index is 0.0870. The van der Waals surface area contributed by atoms with Crippen LogP contribution in [0.2, 0.25) is 5.02 Å². The van der Waals surface area contributed by atoms with E-state index in [9.17, 15) is 18.0 Å². The van der Waals surface area contributed by atoms with E-state index in [4.69, 9.17) is 23.8 Å². The Balaban J connectivity index is 2.04. The van der Waals surface area contributed by atoms with Crippen molar-refractivity contribution in [1.29, 1.82) is 0 Å². The van der Waals surface area contributed by atoms with Crippen molar-refractivity contribution in [2.75, 3.05) is 5.32 Å². The van der Waals surface area contributed by atoms with Gasteiger partial charge >= 0.3 is 6.18 Å². The van der Waals surface area contributed by atoms with E-state index in [1.54, 1.807) is 12.1 Å². The van der Waals surface area contributed by atoms with Gasteiger partial charge in [-0.3, -0.25) is 4.79 Å². The van der Waals surface area contributed by atoms with Gasteiger partial charge in [0.25, 0.3) is 5.91 Å². The molecule has 0 aliphatic rings. The second-order valence-electron chi connectivity index (χ2n) is 4.52. The molecule has 0 aliphatic carbocycles. The fraction of sp³-hybridized carbons (Fsp3) is 0.0667. The van der Waals surface area contributed by atoms with Crippen LogP contribution in [0.15, 0.2) is 58.8 Å². The van der Waals surface area contributed by atoms with Gasteiger partial charge in [0.15, 0.2) is 0 Å². The molecule has 0 heterocycles. The predicted octanol–water partition coefficient (Wildman–Crippen LogP) is 5.35. The highest BCUT2D eigenvalue weighted by Gasteiger charge is 2.30. The van der Waals surface area contributed by atoms with Crippen LogP contribution in [0.25, 0.3) is 0 Å². The van der Waals surface area contributed by atoms with Gasteiger partial charge in [0.1, 0.15) is 0 Å². The van der Waals surface area contributed by atoms with E-state index in [1.807, 2.05) is 0 Å². The summed E-state index contributed by atoms with van der Waals surface area (Å²) in [5.41, 5.74) is -0.528. The van der Waals surface area contributed by atoms with Crippen molar-refractivity contribution in [3.63, 3.8) is 0 Å². The standard InChI is InChI=1S/C15H9ClF3N3OS/c16-11-5-1-3-9(7-11)13(23)21-22-14(24)20-12-6-2-4-10(8-12)15(17,18)19/h1-8H,(H,20,24). The summed E-state index contributed by atoms with van der Waals surface area (Å²) in [7, 11) is 0. The molecule has 0 aliphatic heterocycles. The summed E-state index contributed by atoms with van der Waals surface area (Å²) in [5, 5.41) is 9.47. The van der Waals surface area contributed by atoms with Crippen LogP contribution in [-0.2, 0) is 6.18 Å². The van der Waals surface area contributed by atoms with E-state index in [2.05, 4.69) is 15.5 Å². The number of carbonyl (C=O) groups excluding carboxylic acids is 1. The monoisotopic (exact) mass is 371 g/mol. The average molecular weight is 372 g/mol. The number of hydrogen-bond donors (Lipinski definition) is 1. The van der Waals surface area contributed by atoms with Gasteiger partial charge in [-0.2, -0.15) is 13.2 Å². The van der Waals surface area contributed by atoms with Crippen LogP contribution < -0.4 is 5.32 Å². The number of hydrogen-bond acceptors (Lipinski definition) is 2. The lowest BCUT2D eigenvalue weighted by Gasteiger charge is -2.09. The number of benzene rings is 2. The fourth-order valence-electron chi connectivity index (χ4n) is 1.69. The lowest BCUT2D eigenvalue weighted by atomic mass is 10.2. The average Bonchev–Trinajstić information content (AvgIpc) is 2.52. The number of alkyl halides is 3. The molecule has 0 saturated heterocycles. The van der Waals surface area contributed by atoms with Crippen LogP contribution in [0.1, 0.15) is 15.9 Å². The summed E-state index contributed by atoms with van der Waals surface area (Å²) in [5.74, 6) is -0.675. The van der Waals surface area contributed by atoms with E-state index in [-0.39, 0.29) is 16.4 Å². The van der Waals surface area contributed by atoms with Gasteiger partial charge < -0.3 is 5.32 Å². The first-order valence-electron chi connectivity index (χ1n) is 6.45. The minimum atomic E-state index is -4.47. The Hall–Kier alpha value is -2.32. The van der Waals surface area contributed by atoms with E-state index in [0.29, 0.717) is 5.02 Å². The number of carbonyl (C=O) groups is 1. The maximum Gasteiger partial charge on any atom is 0.416 e. The third-order valence-corrected chi connectivity index (χ3v) is 3.16. The van der Waals surface area contributed by atoms with Crippen LogP contribution in [0.5, 0.6) is 0 Å². The molecule has 2 aromatic rings. The third-order valence-electron chi connectivity index (χ3n) is 2.74. The molecule has 9 heteroatoms. The van der Waals surface area contributed by atoms with Crippen LogP contribution >= 0.6 is 23.8 Å². The van der Waals surface area contributed by atoms with Crippen molar-refractivity contribution < 1.29 is 18.0 Å². The molecular weight excluding hydrogens is 363 g/mol. The van der Waals surface area contributed by atoms with Gasteiger partial charge in [-0.1, -0.05) is 23.7 Å². The second kappa shape index (κ2) is 7.50. The number of azo groups is 1. The minimum Gasteiger partial charge on any atom is -0.330 e. The molecule has 4 nitrogen and oxygen atoms in total. The number of nitrogens with one attached hydrogen (secondary N) is 1. The number of nitrogens with zero attached hydrogens (tertiary/aromatic N) is 2. The number of halogens is 4. The fourth-order valence-corrected chi connectivity index (χ4v) is 2.04. The molecule has 0 saturated carbocycles. The molecule has 2 rings (SSSR count). The Morgan fingerprint density at radius 2 is 1.79 bits per heavy atom. The Morgan fingerprint density at radius 1 is 1.08 bits per heavy atom. The van der Waals surface area contributed by atoms with Crippen molar-refractivity contribution in [2.24, 2.45) is 10.2 Å². The lowest BCUT2D eigenvalue weighted by molar-refractivity contribution is -0.137. The topological polar surface area (TPSA) is 53.8 Å². The van der Waals surface area contributed by atoms with Crippen LogP contribution in [-0.4, -0.2) is 11.0 Å². The third kappa shape index (κ3) is 5.10. The number of thiocarbonyl (C=S) groups is 1. The van der Waals surface area contributed by atoms with Gasteiger partial charge in [0.05, 0.1) is 5.56 Å². The highest BCUT2D eigenvalue weighted by molar-refractivity contribution is 7.80. The Labute approximate surface area is 145 Å². The molecule has 1 amide bonds. The van der Waals surface area contributed by atoms with E-state index in [1.165, 1.54) is 24.3 Å². The lowest BCUT2D eigenvalue weighted by Crippen LogP contribution is -2.09. The molecule has 0 unspecified atom stereocenters. The summed E-state index contributed by atoms with van der Waals surface area (Å²) in [4.78, 5) is 11.8. The van der Waals surface area contributed by atoms with Crippen LogP contribution in [0, 0.1) is 0 Å². The van der Waals surface area contributed by atoms with E-state index < -0.39 is 17.6 Å². The molecule has 0 fully saturated rings. The Kier molecular flexibility index (Phi) is 5.63. The molecule has 24 heavy (non-hydrogen) atoms. The van der Waals surface area contributed by atoms with Crippen molar-refractivity contribution in [1.82, 2.24) is 0 Å². The van der Waals surface area contributed by atoms with E-state index in [0.717, 1.165) is 12.1 Å². The molecule has 0 radical (unpaired) electrons. The summed E-state index contributed by atoms with van der Waals surface area (Å²) < 4.78 is 37.9. The van der Waals surface area contributed by atoms with Gasteiger partial charge in [-0.15, -0.1) is 10.2 Å². The van der Waals surface area contributed by atoms with Gasteiger partial charge in [-0.05, 0) is 48.6 Å². The molecule has 124 valence electrons. The molecule has 1 N–H and O–H groups in total. The maximum atomic E-state index is 12.6. The number of anilines is 1. The Morgan fingerprint density at radius 3 is 2.46 bits per heavy atom. The zero-order valence-corrected chi connectivity index (χ0v) is 13.4. The molecule has 0 atom stereocenters. The molecular formula is C15H9ClF3N3OS. The summed E-state index contributed by atoms with van der Waals surface area (Å²) in [6, 6.07) is 10.5. The smallest absolute Gasteiger partial charge is 0.330 e. The van der Waals surface area contributed by atoms with Crippen molar-refractivity contribution in [3.05, 3.63) is 64.7 Å². The molecule has 0 bridgehead atoms. The molecule has 2 aromatic carbocycles. The van der Waals surface area contributed by atoms with Gasteiger partial charge in [-0.25, -0.2) is 0 Å². The number of rotatable bonds is 2. The second-order valence-corrected chi connectivity index (χ2v) is 5.35. The van der Waals surface area contributed by atoms with Crippen molar-refractivity contribution >= 4 is 40.5 Å². The summed E-state index contributed by atoms with van der Waals surface area (Å²) >= 11 is 10.6. The first-order valence-corrected chi connectivity index (χ1v) is 7.24. The first-order chi connectivity index (χ1) is 11.3. The quantitative estimate of drug-likeness (QED) is 0.572. The van der Waals surface area contributed by atoms with Gasteiger partial charge in [0, 0.05) is 16.3 Å². The number of amides is 1. The van der Waals surface area contributed by atoms with Crippen molar-refractivity contribution in [3.8, 4) is 0 Å². The largest absolute Gasteiger partial charge is 0.416 e. The van der Waals surface area contributed by atoms with Gasteiger partial charge in [0.2, 0.25) is 5.11 Å². The predicted molar refractivity (Wildman–Crippen MR) is 88.3 cm³/mol. The zero-order chi connectivity index (χ0) is 17.7. The van der Waals surface area contributed by atoms with Crippen molar-refractivity contribution in [2.45, 2.75) is 6.18 Å². The molecule has 0 aromatic heterocycles. The zero-order valence-electron chi connectivity index (χ0n) is 11.8.